The molecule has 15 heavy (non-hydrogen) atoms. The second-order valence-electron chi connectivity index (χ2n) is 4.67. The molecule has 0 heterocycles. The standard InChI is InChI=1S/C11H25NO2S/c1-11(2,10-12)6-4-8-15(13)9-5-7-14-3/h4-10,12H2,1-3H3. The first-order valence-electron chi connectivity index (χ1n) is 5.56. The van der Waals surface area contributed by atoms with Crippen molar-refractivity contribution in [1.29, 1.82) is 0 Å². The molecule has 3 nitrogen and oxygen atoms in total. The molecular formula is C11H25NO2S. The molecule has 4 heteroatoms. The van der Waals surface area contributed by atoms with Gasteiger partial charge in [0.2, 0.25) is 0 Å². The number of nitrogens with two attached hydrogens (primary N) is 1. The van der Waals surface area contributed by atoms with Crippen molar-refractivity contribution in [2.24, 2.45) is 11.1 Å². The predicted molar refractivity (Wildman–Crippen MR) is 66.4 cm³/mol. The highest BCUT2D eigenvalue weighted by atomic mass is 32.2. The van der Waals surface area contributed by atoms with Crippen LogP contribution in [0.5, 0.6) is 0 Å². The first kappa shape index (κ1) is 15.1. The lowest BCUT2D eigenvalue weighted by Gasteiger charge is -2.21. The Balaban J connectivity index is 3.46. The summed E-state index contributed by atoms with van der Waals surface area (Å²) in [6, 6.07) is 0. The summed E-state index contributed by atoms with van der Waals surface area (Å²) in [6.07, 6.45) is 2.95. The van der Waals surface area contributed by atoms with Crippen LogP contribution in [0.25, 0.3) is 0 Å². The molecule has 0 aromatic carbocycles. The number of ether oxygens (including phenoxy) is 1. The molecule has 2 N–H and O–H groups in total. The topological polar surface area (TPSA) is 52.3 Å². The van der Waals surface area contributed by atoms with Gasteiger partial charge in [-0.05, 0) is 31.2 Å². The maximum atomic E-state index is 11.5. The van der Waals surface area contributed by atoms with Gasteiger partial charge in [0, 0.05) is 36.0 Å². The zero-order valence-electron chi connectivity index (χ0n) is 10.3. The van der Waals surface area contributed by atoms with Gasteiger partial charge in [0.05, 0.1) is 0 Å². The third kappa shape index (κ3) is 9.03. The fraction of sp³-hybridized carbons (Fsp3) is 1.00. The molecule has 92 valence electrons. The fourth-order valence-electron chi connectivity index (χ4n) is 1.28. The summed E-state index contributed by atoms with van der Waals surface area (Å²) in [6.45, 7) is 5.71. The van der Waals surface area contributed by atoms with E-state index in [2.05, 4.69) is 13.8 Å². The summed E-state index contributed by atoms with van der Waals surface area (Å²) < 4.78 is 16.4. The normalized spacial score (nSPS) is 14.1. The quantitative estimate of drug-likeness (QED) is 0.617. The Morgan fingerprint density at radius 1 is 1.27 bits per heavy atom. The van der Waals surface area contributed by atoms with E-state index in [4.69, 9.17) is 10.5 Å². The molecule has 0 aliphatic rings. The van der Waals surface area contributed by atoms with Gasteiger partial charge in [-0.25, -0.2) is 0 Å². The van der Waals surface area contributed by atoms with E-state index in [0.717, 1.165) is 30.8 Å². The highest BCUT2D eigenvalue weighted by molar-refractivity contribution is 7.84. The van der Waals surface area contributed by atoms with Crippen LogP contribution in [0.15, 0.2) is 0 Å². The van der Waals surface area contributed by atoms with Crippen LogP contribution in [0.1, 0.15) is 33.1 Å². The monoisotopic (exact) mass is 235 g/mol. The van der Waals surface area contributed by atoms with Gasteiger partial charge in [-0.1, -0.05) is 13.8 Å². The van der Waals surface area contributed by atoms with E-state index in [1.165, 1.54) is 0 Å². The summed E-state index contributed by atoms with van der Waals surface area (Å²) in [5.74, 6) is 1.56. The Hall–Kier alpha value is 0.0700. The van der Waals surface area contributed by atoms with Gasteiger partial charge in [0.15, 0.2) is 0 Å². The van der Waals surface area contributed by atoms with Crippen LogP contribution in [-0.2, 0) is 15.5 Å². The second-order valence-corrected chi connectivity index (χ2v) is 6.36. The van der Waals surface area contributed by atoms with E-state index in [1.807, 2.05) is 0 Å². The maximum Gasteiger partial charge on any atom is 0.0471 e. The van der Waals surface area contributed by atoms with Crippen molar-refractivity contribution in [2.45, 2.75) is 33.1 Å². The predicted octanol–water partition coefficient (Wildman–Crippen LogP) is 1.54. The van der Waals surface area contributed by atoms with Crippen molar-refractivity contribution in [1.82, 2.24) is 0 Å². The number of hydrogen-bond donors (Lipinski definition) is 1. The van der Waals surface area contributed by atoms with Gasteiger partial charge in [-0.3, -0.25) is 4.21 Å². The van der Waals surface area contributed by atoms with Crippen molar-refractivity contribution in [3.05, 3.63) is 0 Å². The average molecular weight is 235 g/mol. The van der Waals surface area contributed by atoms with Crippen LogP contribution in [0.2, 0.25) is 0 Å². The maximum absolute atomic E-state index is 11.5. The molecule has 0 saturated heterocycles. The van der Waals surface area contributed by atoms with Gasteiger partial charge >= 0.3 is 0 Å². The SMILES string of the molecule is COCCCS(=O)CCCC(C)(C)CN. The summed E-state index contributed by atoms with van der Waals surface area (Å²) >= 11 is 0. The Bertz CT molecular complexity index is 183. The summed E-state index contributed by atoms with van der Waals surface area (Å²) in [4.78, 5) is 0. The van der Waals surface area contributed by atoms with Crippen molar-refractivity contribution >= 4 is 10.8 Å². The van der Waals surface area contributed by atoms with Crippen LogP contribution >= 0.6 is 0 Å². The van der Waals surface area contributed by atoms with E-state index >= 15 is 0 Å². The molecule has 0 aliphatic heterocycles. The molecule has 0 aliphatic carbocycles. The number of methoxy groups -OCH3 is 1. The fourth-order valence-corrected chi connectivity index (χ4v) is 2.39. The molecule has 0 bridgehead atoms. The zero-order chi connectivity index (χ0) is 11.7. The van der Waals surface area contributed by atoms with Gasteiger partial charge in [0.1, 0.15) is 0 Å². The van der Waals surface area contributed by atoms with E-state index < -0.39 is 10.8 Å². The highest BCUT2D eigenvalue weighted by Gasteiger charge is 2.15. The lowest BCUT2D eigenvalue weighted by molar-refractivity contribution is 0.200. The molecule has 0 aromatic heterocycles. The van der Waals surface area contributed by atoms with Crippen LogP contribution in [0, 0.1) is 5.41 Å². The van der Waals surface area contributed by atoms with Crippen molar-refractivity contribution < 1.29 is 8.95 Å². The van der Waals surface area contributed by atoms with Crippen molar-refractivity contribution in [3.63, 3.8) is 0 Å². The molecule has 0 radical (unpaired) electrons. The smallest absolute Gasteiger partial charge is 0.0471 e. The minimum atomic E-state index is -0.679. The van der Waals surface area contributed by atoms with E-state index in [-0.39, 0.29) is 5.41 Å². The summed E-state index contributed by atoms with van der Waals surface area (Å²) in [5.41, 5.74) is 5.82. The van der Waals surface area contributed by atoms with Gasteiger partial charge in [-0.15, -0.1) is 0 Å². The third-order valence-electron chi connectivity index (χ3n) is 2.50. The molecular weight excluding hydrogens is 210 g/mol. The molecule has 0 saturated carbocycles. The Morgan fingerprint density at radius 2 is 1.87 bits per heavy atom. The minimum absolute atomic E-state index is 0.191. The van der Waals surface area contributed by atoms with Gasteiger partial charge in [-0.2, -0.15) is 0 Å². The Morgan fingerprint density at radius 3 is 2.40 bits per heavy atom. The molecule has 1 unspecified atom stereocenters. The van der Waals surface area contributed by atoms with Crippen molar-refractivity contribution in [2.75, 3.05) is 31.8 Å². The van der Waals surface area contributed by atoms with E-state index in [1.54, 1.807) is 7.11 Å². The highest BCUT2D eigenvalue weighted by Crippen LogP contribution is 2.20. The largest absolute Gasteiger partial charge is 0.385 e. The second kappa shape index (κ2) is 8.25. The number of rotatable bonds is 9. The third-order valence-corrected chi connectivity index (χ3v) is 3.99. The summed E-state index contributed by atoms with van der Waals surface area (Å²) in [5, 5.41) is 0. The van der Waals surface area contributed by atoms with E-state index in [9.17, 15) is 4.21 Å². The van der Waals surface area contributed by atoms with Crippen LogP contribution in [0.4, 0.5) is 0 Å². The van der Waals surface area contributed by atoms with Gasteiger partial charge < -0.3 is 10.5 Å². The lowest BCUT2D eigenvalue weighted by atomic mass is 9.88. The first-order chi connectivity index (χ1) is 7.02. The first-order valence-corrected chi connectivity index (χ1v) is 7.04. The average Bonchev–Trinajstić information content (AvgIpc) is 2.18. The molecule has 0 aromatic rings. The lowest BCUT2D eigenvalue weighted by Crippen LogP contribution is -2.24. The molecule has 1 atom stereocenters. The molecule has 0 fully saturated rings. The van der Waals surface area contributed by atoms with Crippen molar-refractivity contribution in [3.8, 4) is 0 Å². The molecule has 0 amide bonds. The molecule has 0 spiro atoms. The van der Waals surface area contributed by atoms with Gasteiger partial charge in [0.25, 0.3) is 0 Å². The van der Waals surface area contributed by atoms with Crippen LogP contribution < -0.4 is 5.73 Å². The van der Waals surface area contributed by atoms with E-state index in [0.29, 0.717) is 13.2 Å². The van der Waals surface area contributed by atoms with Crippen LogP contribution in [0.3, 0.4) is 0 Å². The minimum Gasteiger partial charge on any atom is -0.385 e. The molecule has 0 rings (SSSR count). The summed E-state index contributed by atoms with van der Waals surface area (Å²) in [7, 11) is 0.994. The van der Waals surface area contributed by atoms with Crippen LogP contribution in [-0.4, -0.2) is 36.0 Å². The Kier molecular flexibility index (Phi) is 8.29. The zero-order valence-corrected chi connectivity index (χ0v) is 11.1. The number of hydrogen-bond acceptors (Lipinski definition) is 3. The Labute approximate surface area is 96.2 Å².